The summed E-state index contributed by atoms with van der Waals surface area (Å²) < 4.78 is 10.9. The number of carbonyl (C=O) groups is 1. The number of amides is 1. The molecule has 1 aliphatic carbocycles. The van der Waals surface area contributed by atoms with E-state index < -0.39 is 4.92 Å². The quantitative estimate of drug-likeness (QED) is 0.507. The van der Waals surface area contributed by atoms with Crippen molar-refractivity contribution >= 4 is 22.6 Å². The average molecular weight is 378 g/mol. The molecule has 0 spiro atoms. The number of rotatable bonds is 4. The first-order chi connectivity index (χ1) is 13.5. The molecule has 0 atom stereocenters. The molecule has 1 aromatic heterocycles. The molecule has 1 amide bonds. The maximum atomic E-state index is 12.6. The SMILES string of the molecule is O=C1c2cc(Oc3cc4c(=O)ccoc4cc3[N+](=O)[O-])ccc2CN1C1CC1. The molecular formula is C20H14N2O6. The zero-order chi connectivity index (χ0) is 19.4. The van der Waals surface area contributed by atoms with Crippen molar-refractivity contribution < 1.29 is 18.9 Å². The molecule has 2 heterocycles. The molecule has 1 aliphatic heterocycles. The minimum atomic E-state index is -0.602. The van der Waals surface area contributed by atoms with Gasteiger partial charge in [-0.1, -0.05) is 6.07 Å². The zero-order valence-electron chi connectivity index (χ0n) is 14.6. The van der Waals surface area contributed by atoms with Gasteiger partial charge in [-0.05, 0) is 30.5 Å². The fourth-order valence-electron chi connectivity index (χ4n) is 3.50. The van der Waals surface area contributed by atoms with Crippen LogP contribution in [0.1, 0.15) is 28.8 Å². The molecular weight excluding hydrogens is 364 g/mol. The monoisotopic (exact) mass is 378 g/mol. The Labute approximate surface area is 158 Å². The minimum Gasteiger partial charge on any atom is -0.464 e. The molecule has 0 bridgehead atoms. The molecule has 1 fully saturated rings. The Balaban J connectivity index is 1.55. The van der Waals surface area contributed by atoms with Crippen LogP contribution in [0.15, 0.2) is 51.9 Å². The van der Waals surface area contributed by atoms with Crippen LogP contribution in [0.25, 0.3) is 11.0 Å². The van der Waals surface area contributed by atoms with Crippen LogP contribution in [0.5, 0.6) is 11.5 Å². The average Bonchev–Trinajstić information content (AvgIpc) is 3.46. The van der Waals surface area contributed by atoms with Gasteiger partial charge in [-0.2, -0.15) is 0 Å². The molecule has 1 saturated carbocycles. The number of hydrogen-bond donors (Lipinski definition) is 0. The van der Waals surface area contributed by atoms with Gasteiger partial charge in [0.1, 0.15) is 11.3 Å². The third-order valence-electron chi connectivity index (χ3n) is 5.07. The van der Waals surface area contributed by atoms with E-state index >= 15 is 0 Å². The Morgan fingerprint density at radius 1 is 1.14 bits per heavy atom. The highest BCUT2D eigenvalue weighted by atomic mass is 16.6. The van der Waals surface area contributed by atoms with Crippen LogP contribution < -0.4 is 10.2 Å². The first-order valence-corrected chi connectivity index (χ1v) is 8.83. The van der Waals surface area contributed by atoms with Crippen molar-refractivity contribution in [3.8, 4) is 11.5 Å². The fraction of sp³-hybridized carbons (Fsp3) is 0.200. The molecule has 0 N–H and O–H groups in total. The van der Waals surface area contributed by atoms with Crippen LogP contribution in [0.3, 0.4) is 0 Å². The van der Waals surface area contributed by atoms with Gasteiger partial charge in [0, 0.05) is 30.3 Å². The zero-order valence-corrected chi connectivity index (χ0v) is 14.6. The highest BCUT2D eigenvalue weighted by Crippen LogP contribution is 2.38. The Kier molecular flexibility index (Phi) is 3.48. The molecule has 0 saturated heterocycles. The van der Waals surface area contributed by atoms with Gasteiger partial charge in [0.2, 0.25) is 5.75 Å². The van der Waals surface area contributed by atoms with Crippen molar-refractivity contribution in [1.29, 1.82) is 0 Å². The summed E-state index contributed by atoms with van der Waals surface area (Å²) in [6.45, 7) is 0.580. The lowest BCUT2D eigenvalue weighted by molar-refractivity contribution is -0.385. The topological polar surface area (TPSA) is 103 Å². The number of ether oxygens (including phenoxy) is 1. The third kappa shape index (κ3) is 2.61. The second-order valence-electron chi connectivity index (χ2n) is 6.94. The van der Waals surface area contributed by atoms with Gasteiger partial charge >= 0.3 is 5.69 Å². The predicted molar refractivity (Wildman–Crippen MR) is 98.5 cm³/mol. The number of nitro benzene ring substituents is 1. The van der Waals surface area contributed by atoms with Gasteiger partial charge in [-0.3, -0.25) is 19.7 Å². The number of nitrogens with zero attached hydrogens (tertiary/aromatic N) is 2. The lowest BCUT2D eigenvalue weighted by Gasteiger charge is -2.13. The standard InChI is InChI=1S/C20H14N2O6/c23-17-5-6-27-18-9-16(22(25)26)19(8-15(17)18)28-13-4-1-11-10-21(12-2-3-12)20(24)14(11)7-13/h1,4-9,12H,2-3,10H2. The Morgan fingerprint density at radius 3 is 2.71 bits per heavy atom. The summed E-state index contributed by atoms with van der Waals surface area (Å²) >= 11 is 0. The van der Waals surface area contributed by atoms with Crippen molar-refractivity contribution in [3.05, 3.63) is 74.1 Å². The first-order valence-electron chi connectivity index (χ1n) is 8.83. The number of nitro groups is 1. The van der Waals surface area contributed by atoms with Gasteiger partial charge in [0.25, 0.3) is 5.91 Å². The van der Waals surface area contributed by atoms with E-state index in [0.717, 1.165) is 18.4 Å². The van der Waals surface area contributed by atoms with E-state index in [1.807, 2.05) is 4.90 Å². The number of fused-ring (bicyclic) bond motifs is 2. The summed E-state index contributed by atoms with van der Waals surface area (Å²) in [7, 11) is 0. The van der Waals surface area contributed by atoms with Crippen LogP contribution in [-0.4, -0.2) is 21.8 Å². The van der Waals surface area contributed by atoms with E-state index in [2.05, 4.69) is 0 Å². The normalized spacial score (nSPS) is 15.7. The van der Waals surface area contributed by atoms with E-state index in [9.17, 15) is 19.7 Å². The second-order valence-corrected chi connectivity index (χ2v) is 6.94. The number of carbonyl (C=O) groups excluding carboxylic acids is 1. The maximum absolute atomic E-state index is 12.6. The van der Waals surface area contributed by atoms with Crippen molar-refractivity contribution in [1.82, 2.24) is 4.90 Å². The Hall–Kier alpha value is -3.68. The summed E-state index contributed by atoms with van der Waals surface area (Å²) in [5, 5.41) is 11.6. The van der Waals surface area contributed by atoms with E-state index in [1.54, 1.807) is 18.2 Å². The van der Waals surface area contributed by atoms with Crippen LogP contribution in [-0.2, 0) is 6.54 Å². The molecule has 28 heavy (non-hydrogen) atoms. The van der Waals surface area contributed by atoms with Gasteiger partial charge < -0.3 is 14.1 Å². The molecule has 0 unspecified atom stereocenters. The smallest absolute Gasteiger partial charge is 0.315 e. The van der Waals surface area contributed by atoms with Crippen molar-refractivity contribution in [3.63, 3.8) is 0 Å². The van der Waals surface area contributed by atoms with Crippen molar-refractivity contribution in [2.45, 2.75) is 25.4 Å². The summed E-state index contributed by atoms with van der Waals surface area (Å²) in [5.41, 5.74) is 0.916. The van der Waals surface area contributed by atoms with E-state index in [4.69, 9.17) is 9.15 Å². The second kappa shape index (κ2) is 5.91. The molecule has 8 nitrogen and oxygen atoms in total. The van der Waals surface area contributed by atoms with Gasteiger partial charge in [-0.25, -0.2) is 0 Å². The summed E-state index contributed by atoms with van der Waals surface area (Å²) in [5.74, 6) is 0.171. The lowest BCUT2D eigenvalue weighted by Crippen LogP contribution is -2.25. The Bertz CT molecular complexity index is 1210. The third-order valence-corrected chi connectivity index (χ3v) is 5.07. The highest BCUT2D eigenvalue weighted by Gasteiger charge is 2.38. The maximum Gasteiger partial charge on any atom is 0.315 e. The van der Waals surface area contributed by atoms with E-state index in [-0.39, 0.29) is 33.7 Å². The molecule has 5 rings (SSSR count). The van der Waals surface area contributed by atoms with Crippen LogP contribution in [0.2, 0.25) is 0 Å². The molecule has 140 valence electrons. The lowest BCUT2D eigenvalue weighted by atomic mass is 10.1. The first kappa shape index (κ1) is 16.5. The van der Waals surface area contributed by atoms with Gasteiger partial charge in [0.15, 0.2) is 5.43 Å². The van der Waals surface area contributed by atoms with Crippen molar-refractivity contribution in [2.24, 2.45) is 0 Å². The summed E-state index contributed by atoms with van der Waals surface area (Å²) in [6.07, 6.45) is 3.23. The van der Waals surface area contributed by atoms with Gasteiger partial charge in [0.05, 0.1) is 22.6 Å². The van der Waals surface area contributed by atoms with Crippen LogP contribution in [0, 0.1) is 10.1 Å². The summed E-state index contributed by atoms with van der Waals surface area (Å²) in [4.78, 5) is 37.3. The number of benzene rings is 2. The molecule has 8 heteroatoms. The fourth-order valence-corrected chi connectivity index (χ4v) is 3.50. The van der Waals surface area contributed by atoms with E-state index in [0.29, 0.717) is 23.9 Å². The van der Waals surface area contributed by atoms with E-state index in [1.165, 1.54) is 24.5 Å². The van der Waals surface area contributed by atoms with Crippen LogP contribution >= 0.6 is 0 Å². The molecule has 0 radical (unpaired) electrons. The molecule has 3 aromatic rings. The number of hydrogen-bond acceptors (Lipinski definition) is 6. The molecule has 2 aromatic carbocycles. The molecule has 2 aliphatic rings. The Morgan fingerprint density at radius 2 is 1.96 bits per heavy atom. The largest absolute Gasteiger partial charge is 0.464 e. The van der Waals surface area contributed by atoms with Crippen molar-refractivity contribution in [2.75, 3.05) is 0 Å². The minimum absolute atomic E-state index is 0.0448. The highest BCUT2D eigenvalue weighted by molar-refractivity contribution is 5.99. The predicted octanol–water partition coefficient (Wildman–Crippen LogP) is 3.61. The van der Waals surface area contributed by atoms with Gasteiger partial charge in [-0.15, -0.1) is 0 Å². The van der Waals surface area contributed by atoms with Crippen LogP contribution in [0.4, 0.5) is 5.69 Å². The summed E-state index contributed by atoms with van der Waals surface area (Å²) in [6, 6.07) is 9.07.